The van der Waals surface area contributed by atoms with Crippen LogP contribution in [0.1, 0.15) is 31.7 Å². The lowest BCUT2D eigenvalue weighted by Gasteiger charge is -2.18. The fourth-order valence-electron chi connectivity index (χ4n) is 2.28. The van der Waals surface area contributed by atoms with Gasteiger partial charge in [-0.2, -0.15) is 17.9 Å². The van der Waals surface area contributed by atoms with Crippen molar-refractivity contribution in [2.45, 2.75) is 43.3 Å². The van der Waals surface area contributed by atoms with Crippen molar-refractivity contribution in [2.24, 2.45) is 5.73 Å². The molecule has 0 aliphatic carbocycles. The SMILES string of the molecule is CCOCCCNC(=O)[C@H](CCC(N)=O)NS(=O)(=O)c1cccc(C(F)(F)F)c1. The number of sulfonamides is 1. The van der Waals surface area contributed by atoms with Crippen LogP contribution in [-0.4, -0.2) is 46.0 Å². The fourth-order valence-corrected chi connectivity index (χ4v) is 3.55. The summed E-state index contributed by atoms with van der Waals surface area (Å²) in [6, 6.07) is 1.74. The van der Waals surface area contributed by atoms with Crippen LogP contribution in [0.15, 0.2) is 29.2 Å². The number of nitrogens with two attached hydrogens (primary N) is 1. The third kappa shape index (κ3) is 8.79. The quantitative estimate of drug-likeness (QED) is 0.421. The van der Waals surface area contributed by atoms with Gasteiger partial charge in [-0.1, -0.05) is 6.07 Å². The summed E-state index contributed by atoms with van der Waals surface area (Å²) in [4.78, 5) is 22.7. The molecule has 0 heterocycles. The Morgan fingerprint density at radius 3 is 2.55 bits per heavy atom. The van der Waals surface area contributed by atoms with Gasteiger partial charge in [0, 0.05) is 26.2 Å². The highest BCUT2D eigenvalue weighted by molar-refractivity contribution is 7.89. The largest absolute Gasteiger partial charge is 0.416 e. The number of rotatable bonds is 12. The van der Waals surface area contributed by atoms with Crippen LogP contribution in [0.5, 0.6) is 0 Å². The zero-order valence-electron chi connectivity index (χ0n) is 15.8. The number of amides is 2. The molecule has 2 amide bonds. The summed E-state index contributed by atoms with van der Waals surface area (Å²) in [6.45, 7) is 2.89. The van der Waals surface area contributed by atoms with Gasteiger partial charge in [0.2, 0.25) is 21.8 Å². The van der Waals surface area contributed by atoms with Crippen molar-refractivity contribution in [3.63, 3.8) is 0 Å². The number of alkyl halides is 3. The third-order valence-electron chi connectivity index (χ3n) is 3.73. The summed E-state index contributed by atoms with van der Waals surface area (Å²) in [7, 11) is -4.46. The van der Waals surface area contributed by atoms with Gasteiger partial charge < -0.3 is 15.8 Å². The molecule has 8 nitrogen and oxygen atoms in total. The lowest BCUT2D eigenvalue weighted by atomic mass is 10.1. The Kier molecular flexibility index (Phi) is 9.53. The van der Waals surface area contributed by atoms with E-state index in [1.807, 2.05) is 4.72 Å². The zero-order valence-corrected chi connectivity index (χ0v) is 16.6. The molecule has 29 heavy (non-hydrogen) atoms. The van der Waals surface area contributed by atoms with Gasteiger partial charge >= 0.3 is 6.18 Å². The van der Waals surface area contributed by atoms with E-state index >= 15 is 0 Å². The molecule has 0 bridgehead atoms. The molecule has 0 unspecified atom stereocenters. The van der Waals surface area contributed by atoms with E-state index in [1.54, 1.807) is 6.92 Å². The third-order valence-corrected chi connectivity index (χ3v) is 5.20. The molecule has 1 rings (SSSR count). The minimum absolute atomic E-state index is 0.192. The van der Waals surface area contributed by atoms with E-state index < -0.39 is 44.5 Å². The summed E-state index contributed by atoms with van der Waals surface area (Å²) >= 11 is 0. The Morgan fingerprint density at radius 2 is 1.97 bits per heavy atom. The van der Waals surface area contributed by atoms with Crippen molar-refractivity contribution in [1.29, 1.82) is 0 Å². The molecule has 0 saturated heterocycles. The van der Waals surface area contributed by atoms with Crippen molar-refractivity contribution in [2.75, 3.05) is 19.8 Å². The highest BCUT2D eigenvalue weighted by Crippen LogP contribution is 2.30. The summed E-state index contributed by atoms with van der Waals surface area (Å²) in [6.07, 6.45) is -4.79. The second-order valence-electron chi connectivity index (χ2n) is 6.05. The van der Waals surface area contributed by atoms with Crippen LogP contribution in [-0.2, 0) is 30.5 Å². The molecule has 0 aliphatic rings. The summed E-state index contributed by atoms with van der Waals surface area (Å²) in [5, 5.41) is 2.50. The minimum Gasteiger partial charge on any atom is -0.382 e. The Morgan fingerprint density at radius 1 is 1.28 bits per heavy atom. The number of nitrogens with one attached hydrogen (secondary N) is 2. The van der Waals surface area contributed by atoms with Crippen LogP contribution < -0.4 is 15.8 Å². The Bertz CT molecular complexity index is 800. The van der Waals surface area contributed by atoms with Gasteiger partial charge in [0.15, 0.2) is 0 Å². The molecule has 12 heteroatoms. The summed E-state index contributed by atoms with van der Waals surface area (Å²) in [5.41, 5.74) is 3.91. The first-order valence-corrected chi connectivity index (χ1v) is 10.3. The van der Waals surface area contributed by atoms with E-state index in [1.165, 1.54) is 0 Å². The molecule has 0 spiro atoms. The molecule has 0 radical (unpaired) electrons. The number of ether oxygens (including phenoxy) is 1. The Balaban J connectivity index is 2.93. The van der Waals surface area contributed by atoms with Gasteiger partial charge in [-0.15, -0.1) is 0 Å². The molecule has 1 aromatic carbocycles. The molecule has 0 fully saturated rings. The van der Waals surface area contributed by atoms with Gasteiger partial charge in [-0.05, 0) is 38.0 Å². The lowest BCUT2D eigenvalue weighted by molar-refractivity contribution is -0.137. The number of hydrogen-bond acceptors (Lipinski definition) is 5. The predicted molar refractivity (Wildman–Crippen MR) is 98.1 cm³/mol. The molecule has 1 atom stereocenters. The number of benzene rings is 1. The number of halogens is 3. The standard InChI is InChI=1S/C17H24F3N3O5S/c1-2-28-10-4-9-22-16(25)14(7-8-15(21)24)23-29(26,27)13-6-3-5-12(11-13)17(18,19)20/h3,5-6,11,14,23H,2,4,7-10H2,1H3,(H2,21,24)(H,22,25)/t14-/m0/s1. The second-order valence-corrected chi connectivity index (χ2v) is 7.76. The van der Waals surface area contributed by atoms with Gasteiger partial charge in [0.25, 0.3) is 0 Å². The fraction of sp³-hybridized carbons (Fsp3) is 0.529. The van der Waals surface area contributed by atoms with E-state index in [-0.39, 0.29) is 19.4 Å². The number of carbonyl (C=O) groups excluding carboxylic acids is 2. The molecule has 4 N–H and O–H groups in total. The first kappa shape index (κ1) is 24.9. The molecule has 0 aromatic heterocycles. The topological polar surface area (TPSA) is 128 Å². The monoisotopic (exact) mass is 439 g/mol. The number of primary amides is 1. The van der Waals surface area contributed by atoms with E-state index in [4.69, 9.17) is 10.5 Å². The zero-order chi connectivity index (χ0) is 22.1. The van der Waals surface area contributed by atoms with Gasteiger partial charge in [0.05, 0.1) is 10.5 Å². The maximum Gasteiger partial charge on any atom is 0.416 e. The average Bonchev–Trinajstić information content (AvgIpc) is 2.64. The number of carbonyl (C=O) groups is 2. The molecule has 0 aliphatic heterocycles. The van der Waals surface area contributed by atoms with Crippen LogP contribution in [0.3, 0.4) is 0 Å². The highest BCUT2D eigenvalue weighted by Gasteiger charge is 2.32. The van der Waals surface area contributed by atoms with Crippen molar-refractivity contribution >= 4 is 21.8 Å². The van der Waals surface area contributed by atoms with Gasteiger partial charge in [0.1, 0.15) is 6.04 Å². The first-order chi connectivity index (χ1) is 13.5. The van der Waals surface area contributed by atoms with Gasteiger partial charge in [-0.25, -0.2) is 8.42 Å². The maximum absolute atomic E-state index is 12.8. The van der Waals surface area contributed by atoms with E-state index in [0.717, 1.165) is 18.2 Å². The van der Waals surface area contributed by atoms with Crippen LogP contribution in [0.25, 0.3) is 0 Å². The molecular weight excluding hydrogens is 415 g/mol. The average molecular weight is 439 g/mol. The first-order valence-electron chi connectivity index (χ1n) is 8.80. The summed E-state index contributed by atoms with van der Waals surface area (Å²) in [5.74, 6) is -1.48. The van der Waals surface area contributed by atoms with E-state index in [2.05, 4.69) is 5.32 Å². The normalized spacial score (nSPS) is 13.1. The smallest absolute Gasteiger partial charge is 0.382 e. The highest BCUT2D eigenvalue weighted by atomic mass is 32.2. The molecule has 164 valence electrons. The van der Waals surface area contributed by atoms with Crippen LogP contribution in [0.2, 0.25) is 0 Å². The Labute approximate surface area is 167 Å². The van der Waals surface area contributed by atoms with Crippen molar-refractivity contribution in [1.82, 2.24) is 10.0 Å². The predicted octanol–water partition coefficient (Wildman–Crippen LogP) is 1.16. The van der Waals surface area contributed by atoms with Crippen molar-refractivity contribution in [3.05, 3.63) is 29.8 Å². The Hall–Kier alpha value is -2.18. The van der Waals surface area contributed by atoms with Gasteiger partial charge in [-0.3, -0.25) is 9.59 Å². The molecule has 0 saturated carbocycles. The minimum atomic E-state index is -4.73. The lowest BCUT2D eigenvalue weighted by Crippen LogP contribution is -2.47. The molecule has 1 aromatic rings. The summed E-state index contributed by atoms with van der Waals surface area (Å²) < 4.78 is 70.7. The molecular formula is C17H24F3N3O5S. The van der Waals surface area contributed by atoms with Crippen LogP contribution in [0.4, 0.5) is 13.2 Å². The van der Waals surface area contributed by atoms with E-state index in [0.29, 0.717) is 25.7 Å². The van der Waals surface area contributed by atoms with Crippen molar-refractivity contribution < 1.29 is 35.9 Å². The van der Waals surface area contributed by atoms with Crippen LogP contribution >= 0.6 is 0 Å². The van der Waals surface area contributed by atoms with E-state index in [9.17, 15) is 31.2 Å². The van der Waals surface area contributed by atoms with Crippen molar-refractivity contribution in [3.8, 4) is 0 Å². The van der Waals surface area contributed by atoms with Crippen LogP contribution in [0, 0.1) is 0 Å². The maximum atomic E-state index is 12.8. The second kappa shape index (κ2) is 11.1. The number of hydrogen-bond donors (Lipinski definition) is 3.